The highest BCUT2D eigenvalue weighted by atomic mass is 35.5. The number of halogens is 3. The summed E-state index contributed by atoms with van der Waals surface area (Å²) in [7, 11) is 0. The lowest BCUT2D eigenvalue weighted by Crippen LogP contribution is -2.33. The summed E-state index contributed by atoms with van der Waals surface area (Å²) in [5.41, 5.74) is 1.10. The van der Waals surface area contributed by atoms with E-state index in [-0.39, 0.29) is 11.9 Å². The van der Waals surface area contributed by atoms with Gasteiger partial charge >= 0.3 is 0 Å². The number of aromatic amines is 1. The van der Waals surface area contributed by atoms with E-state index in [9.17, 15) is 9.18 Å². The van der Waals surface area contributed by atoms with Crippen molar-refractivity contribution >= 4 is 40.9 Å². The van der Waals surface area contributed by atoms with E-state index in [2.05, 4.69) is 20.5 Å². The molecule has 3 aromatic rings. The largest absolute Gasteiger partial charge is 0.349 e. The van der Waals surface area contributed by atoms with Gasteiger partial charge in [0.05, 0.1) is 16.9 Å². The first-order chi connectivity index (χ1) is 13.3. The average molecular weight is 439 g/mol. The van der Waals surface area contributed by atoms with Crippen molar-refractivity contribution in [1.29, 1.82) is 0 Å². The van der Waals surface area contributed by atoms with Crippen LogP contribution in [0.3, 0.4) is 0 Å². The highest BCUT2D eigenvalue weighted by molar-refractivity contribution is 8.00. The Balaban J connectivity index is 1.64. The van der Waals surface area contributed by atoms with Gasteiger partial charge in [0, 0.05) is 10.0 Å². The van der Waals surface area contributed by atoms with Gasteiger partial charge in [0.2, 0.25) is 11.1 Å². The molecule has 0 radical (unpaired) electrons. The Hall–Kier alpha value is -2.09. The lowest BCUT2D eigenvalue weighted by atomic mass is 10.1. The van der Waals surface area contributed by atoms with Crippen molar-refractivity contribution in [2.24, 2.45) is 0 Å². The molecule has 28 heavy (non-hydrogen) atoms. The Labute approximate surface area is 176 Å². The van der Waals surface area contributed by atoms with Crippen LogP contribution in [-0.2, 0) is 4.79 Å². The first-order valence-electron chi connectivity index (χ1n) is 8.44. The molecule has 0 aliphatic rings. The highest BCUT2D eigenvalue weighted by Crippen LogP contribution is 2.28. The van der Waals surface area contributed by atoms with Gasteiger partial charge in [-0.3, -0.25) is 9.89 Å². The zero-order valence-electron chi connectivity index (χ0n) is 15.0. The molecule has 1 aromatic heterocycles. The van der Waals surface area contributed by atoms with Gasteiger partial charge in [-0.1, -0.05) is 53.2 Å². The summed E-state index contributed by atoms with van der Waals surface area (Å²) in [6.45, 7) is 3.59. The van der Waals surface area contributed by atoms with Gasteiger partial charge in [-0.15, -0.1) is 5.10 Å². The number of H-pyrrole nitrogens is 1. The number of aromatic nitrogens is 3. The Bertz CT molecular complexity index is 998. The molecule has 0 saturated carbocycles. The maximum Gasteiger partial charge on any atom is 0.233 e. The van der Waals surface area contributed by atoms with Crippen LogP contribution in [0.2, 0.25) is 10.0 Å². The molecule has 9 heteroatoms. The third-order valence-corrected chi connectivity index (χ3v) is 5.56. The molecule has 0 saturated heterocycles. The smallest absolute Gasteiger partial charge is 0.233 e. The number of carbonyl (C=O) groups is 1. The normalized spacial score (nSPS) is 13.2. The lowest BCUT2D eigenvalue weighted by molar-refractivity contribution is -0.120. The van der Waals surface area contributed by atoms with Crippen molar-refractivity contribution in [2.75, 3.05) is 0 Å². The molecular weight excluding hydrogens is 422 g/mol. The molecule has 2 unspecified atom stereocenters. The molecule has 5 nitrogen and oxygen atoms in total. The van der Waals surface area contributed by atoms with Crippen LogP contribution in [0.4, 0.5) is 4.39 Å². The number of nitrogens with zero attached hydrogens (tertiary/aromatic N) is 2. The molecule has 0 fully saturated rings. The SMILES string of the molecule is CC(Sc1n[nH]c(-c2ccccc2F)n1)C(=O)NC(C)c1ccc(Cl)cc1Cl. The molecule has 0 spiro atoms. The molecule has 1 heterocycles. The lowest BCUT2D eigenvalue weighted by Gasteiger charge is -2.18. The quantitative estimate of drug-likeness (QED) is 0.513. The summed E-state index contributed by atoms with van der Waals surface area (Å²) in [6, 6.07) is 11.1. The fourth-order valence-corrected chi connectivity index (χ4v) is 3.85. The summed E-state index contributed by atoms with van der Waals surface area (Å²) in [4.78, 5) is 16.8. The highest BCUT2D eigenvalue weighted by Gasteiger charge is 2.21. The van der Waals surface area contributed by atoms with Crippen molar-refractivity contribution in [1.82, 2.24) is 20.5 Å². The van der Waals surface area contributed by atoms with Crippen molar-refractivity contribution < 1.29 is 9.18 Å². The molecule has 0 bridgehead atoms. The van der Waals surface area contributed by atoms with Crippen molar-refractivity contribution in [3.63, 3.8) is 0 Å². The molecule has 2 N–H and O–H groups in total. The van der Waals surface area contributed by atoms with Crippen molar-refractivity contribution in [3.05, 3.63) is 63.9 Å². The van der Waals surface area contributed by atoms with Crippen LogP contribution in [0.15, 0.2) is 47.6 Å². The molecule has 0 aliphatic heterocycles. The number of hydrogen-bond acceptors (Lipinski definition) is 4. The van der Waals surface area contributed by atoms with E-state index in [0.717, 1.165) is 5.56 Å². The second-order valence-corrected chi connectivity index (χ2v) is 8.25. The van der Waals surface area contributed by atoms with Crippen LogP contribution < -0.4 is 5.32 Å². The van der Waals surface area contributed by atoms with E-state index in [4.69, 9.17) is 23.2 Å². The first kappa shape index (κ1) is 20.6. The van der Waals surface area contributed by atoms with E-state index in [1.165, 1.54) is 17.8 Å². The van der Waals surface area contributed by atoms with Crippen LogP contribution in [0.1, 0.15) is 25.5 Å². The third kappa shape index (κ3) is 4.84. The first-order valence-corrected chi connectivity index (χ1v) is 10.1. The van der Waals surface area contributed by atoms with Crippen LogP contribution in [-0.4, -0.2) is 26.3 Å². The Morgan fingerprint density at radius 3 is 2.68 bits per heavy atom. The molecule has 146 valence electrons. The summed E-state index contributed by atoms with van der Waals surface area (Å²) < 4.78 is 13.9. The molecule has 2 atom stereocenters. The molecule has 1 amide bonds. The third-order valence-electron chi connectivity index (χ3n) is 4.03. The number of hydrogen-bond donors (Lipinski definition) is 2. The second kappa shape index (κ2) is 8.94. The van der Waals surface area contributed by atoms with Gasteiger partial charge < -0.3 is 5.32 Å². The van der Waals surface area contributed by atoms with E-state index >= 15 is 0 Å². The number of rotatable bonds is 6. The number of benzene rings is 2. The maximum absolute atomic E-state index is 13.9. The Kier molecular flexibility index (Phi) is 6.59. The van der Waals surface area contributed by atoms with E-state index in [1.54, 1.807) is 43.3 Å². The zero-order valence-corrected chi connectivity index (χ0v) is 17.4. The number of amides is 1. The average Bonchev–Trinajstić information content (AvgIpc) is 3.10. The predicted octanol–water partition coefficient (Wildman–Crippen LogP) is 5.28. The minimum absolute atomic E-state index is 0.194. The van der Waals surface area contributed by atoms with Gasteiger partial charge in [-0.05, 0) is 43.7 Å². The van der Waals surface area contributed by atoms with E-state index in [1.807, 2.05) is 6.92 Å². The van der Waals surface area contributed by atoms with Crippen LogP contribution in [0.25, 0.3) is 11.4 Å². The second-order valence-electron chi connectivity index (χ2n) is 6.10. The fraction of sp³-hybridized carbons (Fsp3) is 0.211. The monoisotopic (exact) mass is 438 g/mol. The van der Waals surface area contributed by atoms with Gasteiger partial charge in [0.25, 0.3) is 0 Å². The van der Waals surface area contributed by atoms with Crippen LogP contribution >= 0.6 is 35.0 Å². The number of carbonyl (C=O) groups excluding carboxylic acids is 1. The van der Waals surface area contributed by atoms with Gasteiger partial charge in [-0.25, -0.2) is 9.37 Å². The summed E-state index contributed by atoms with van der Waals surface area (Å²) in [5.74, 6) is -0.273. The van der Waals surface area contributed by atoms with E-state index in [0.29, 0.717) is 26.6 Å². The maximum atomic E-state index is 13.9. The topological polar surface area (TPSA) is 70.7 Å². The standard InChI is InChI=1S/C19H17Cl2FN4OS/c1-10(13-8-7-12(20)9-15(13)21)23-18(27)11(2)28-19-24-17(25-26-19)14-5-3-4-6-16(14)22/h3-11H,1-2H3,(H,23,27)(H,24,25,26). The van der Waals surface area contributed by atoms with Crippen molar-refractivity contribution in [3.8, 4) is 11.4 Å². The Morgan fingerprint density at radius 2 is 1.96 bits per heavy atom. The van der Waals surface area contributed by atoms with Crippen LogP contribution in [0.5, 0.6) is 0 Å². The molecule has 3 rings (SSSR count). The number of thioether (sulfide) groups is 1. The van der Waals surface area contributed by atoms with Crippen molar-refractivity contribution in [2.45, 2.75) is 30.3 Å². The van der Waals surface area contributed by atoms with E-state index < -0.39 is 11.1 Å². The molecular formula is C19H17Cl2FN4OS. The minimum Gasteiger partial charge on any atom is -0.349 e. The molecule has 0 aliphatic carbocycles. The van der Waals surface area contributed by atoms with Crippen LogP contribution in [0, 0.1) is 5.82 Å². The number of nitrogens with one attached hydrogen (secondary N) is 2. The van der Waals surface area contributed by atoms with Gasteiger partial charge in [-0.2, -0.15) is 0 Å². The van der Waals surface area contributed by atoms with Gasteiger partial charge in [0.1, 0.15) is 5.82 Å². The predicted molar refractivity (Wildman–Crippen MR) is 110 cm³/mol. The summed E-state index contributed by atoms with van der Waals surface area (Å²) in [6.07, 6.45) is 0. The van der Waals surface area contributed by atoms with Gasteiger partial charge in [0.15, 0.2) is 5.82 Å². The molecule has 2 aromatic carbocycles. The Morgan fingerprint density at radius 1 is 1.21 bits per heavy atom. The minimum atomic E-state index is -0.460. The summed E-state index contributed by atoms with van der Waals surface area (Å²) in [5, 5.41) is 10.6. The fourth-order valence-electron chi connectivity index (χ4n) is 2.55. The summed E-state index contributed by atoms with van der Waals surface area (Å²) >= 11 is 13.3. The zero-order chi connectivity index (χ0) is 20.3.